The maximum atomic E-state index is 13.4. The number of nitrogens with two attached hydrogens (primary N) is 1. The smallest absolute Gasteiger partial charge is 0.168 e. The first kappa shape index (κ1) is 10.5. The van der Waals surface area contributed by atoms with Crippen LogP contribution < -0.4 is 5.73 Å². The van der Waals surface area contributed by atoms with Crippen LogP contribution in [-0.4, -0.2) is 4.98 Å². The van der Waals surface area contributed by atoms with Crippen molar-refractivity contribution in [3.63, 3.8) is 0 Å². The van der Waals surface area contributed by atoms with Crippen LogP contribution in [-0.2, 0) is 0 Å². The molecule has 0 fully saturated rings. The van der Waals surface area contributed by atoms with E-state index in [0.29, 0.717) is 10.9 Å². The van der Waals surface area contributed by atoms with Crippen LogP contribution in [0.25, 0.3) is 10.8 Å². The van der Waals surface area contributed by atoms with Crippen molar-refractivity contribution >= 4 is 10.8 Å². The Morgan fingerprint density at radius 2 is 2.00 bits per heavy atom. The molecule has 2 rings (SSSR count). The topological polar surface area (TPSA) is 38.9 Å². The van der Waals surface area contributed by atoms with Gasteiger partial charge in [-0.1, -0.05) is 12.0 Å². The fourth-order valence-corrected chi connectivity index (χ4v) is 1.54. The number of nitrogens with zero attached hydrogens (tertiary/aromatic N) is 1. The molecule has 0 spiro atoms. The largest absolute Gasteiger partial charge is 0.314 e. The first-order valence-electron chi connectivity index (χ1n) is 4.58. The zero-order chi connectivity index (χ0) is 11.7. The minimum Gasteiger partial charge on any atom is -0.314 e. The second-order valence-electron chi connectivity index (χ2n) is 3.33. The molecule has 16 heavy (non-hydrogen) atoms. The van der Waals surface area contributed by atoms with E-state index in [-0.39, 0.29) is 5.39 Å². The third-order valence-electron chi connectivity index (χ3n) is 2.38. The number of terminal acetylenes is 1. The molecule has 2 N–H and O–H groups in total. The van der Waals surface area contributed by atoms with Gasteiger partial charge in [0.05, 0.1) is 6.04 Å². The highest BCUT2D eigenvalue weighted by molar-refractivity contribution is 5.86. The van der Waals surface area contributed by atoms with Crippen molar-refractivity contribution in [2.24, 2.45) is 5.73 Å². The van der Waals surface area contributed by atoms with E-state index in [1.165, 1.54) is 18.5 Å². The monoisotopic (exact) mass is 218 g/mol. The highest BCUT2D eigenvalue weighted by atomic mass is 19.2. The molecule has 80 valence electrons. The Morgan fingerprint density at radius 3 is 2.69 bits per heavy atom. The average molecular weight is 218 g/mol. The standard InChI is InChI=1S/C12H8F2N2/c1-2-11(15)8-5-16-6-9-7(8)3-4-10(13)12(9)14/h1,3-6,11H,15H2. The fraction of sp³-hybridized carbons (Fsp3) is 0.0833. The number of fused-ring (bicyclic) bond motifs is 1. The lowest BCUT2D eigenvalue weighted by molar-refractivity contribution is 0.516. The number of halogens is 2. The van der Waals surface area contributed by atoms with Crippen molar-refractivity contribution in [1.29, 1.82) is 0 Å². The van der Waals surface area contributed by atoms with Crippen LogP contribution in [0.3, 0.4) is 0 Å². The van der Waals surface area contributed by atoms with E-state index in [0.717, 1.165) is 6.07 Å². The van der Waals surface area contributed by atoms with Crippen molar-refractivity contribution in [3.8, 4) is 12.3 Å². The minimum atomic E-state index is -0.934. The van der Waals surface area contributed by atoms with Crippen LogP contribution in [0.4, 0.5) is 8.78 Å². The Bertz CT molecular complexity index is 587. The summed E-state index contributed by atoms with van der Waals surface area (Å²) in [6.45, 7) is 0. The van der Waals surface area contributed by atoms with E-state index < -0.39 is 17.7 Å². The summed E-state index contributed by atoms with van der Waals surface area (Å²) in [5, 5.41) is 0.572. The first-order valence-corrected chi connectivity index (χ1v) is 4.58. The van der Waals surface area contributed by atoms with Crippen LogP contribution in [0.1, 0.15) is 11.6 Å². The van der Waals surface area contributed by atoms with Gasteiger partial charge in [-0.3, -0.25) is 4.98 Å². The lowest BCUT2D eigenvalue weighted by Crippen LogP contribution is -2.08. The Kier molecular flexibility index (Phi) is 2.55. The molecule has 0 aliphatic rings. The Labute approximate surface area is 91.1 Å². The Morgan fingerprint density at radius 1 is 1.25 bits per heavy atom. The molecule has 1 aromatic heterocycles. The normalized spacial score (nSPS) is 12.4. The number of hydrogen-bond donors (Lipinski definition) is 1. The molecule has 4 heteroatoms. The number of rotatable bonds is 1. The number of benzene rings is 1. The second-order valence-corrected chi connectivity index (χ2v) is 3.33. The van der Waals surface area contributed by atoms with E-state index in [2.05, 4.69) is 10.9 Å². The quantitative estimate of drug-likeness (QED) is 0.745. The molecule has 2 nitrogen and oxygen atoms in total. The first-order chi connectivity index (χ1) is 7.65. The molecular weight excluding hydrogens is 210 g/mol. The average Bonchev–Trinajstić information content (AvgIpc) is 2.32. The summed E-state index contributed by atoms with van der Waals surface area (Å²) in [4.78, 5) is 3.80. The minimum absolute atomic E-state index is 0.0863. The number of hydrogen-bond acceptors (Lipinski definition) is 2. The molecule has 0 aliphatic heterocycles. The van der Waals surface area contributed by atoms with Gasteiger partial charge in [0.15, 0.2) is 11.6 Å². The highest BCUT2D eigenvalue weighted by Gasteiger charge is 2.12. The third kappa shape index (κ3) is 1.51. The van der Waals surface area contributed by atoms with Gasteiger partial charge in [0, 0.05) is 23.3 Å². The summed E-state index contributed by atoms with van der Waals surface area (Å²) in [6, 6.07) is 1.81. The van der Waals surface area contributed by atoms with Crippen molar-refractivity contribution < 1.29 is 8.78 Å². The predicted molar refractivity (Wildman–Crippen MR) is 57.4 cm³/mol. The van der Waals surface area contributed by atoms with Crippen LogP contribution in [0, 0.1) is 24.0 Å². The maximum Gasteiger partial charge on any atom is 0.168 e. The van der Waals surface area contributed by atoms with Crippen LogP contribution >= 0.6 is 0 Å². The molecule has 1 aromatic carbocycles. The summed E-state index contributed by atoms with van der Waals surface area (Å²) >= 11 is 0. The second kappa shape index (κ2) is 3.87. The van der Waals surface area contributed by atoms with Gasteiger partial charge in [-0.25, -0.2) is 8.78 Å². The maximum absolute atomic E-state index is 13.4. The van der Waals surface area contributed by atoms with E-state index in [4.69, 9.17) is 12.2 Å². The number of pyridine rings is 1. The molecular formula is C12H8F2N2. The number of aromatic nitrogens is 1. The van der Waals surface area contributed by atoms with Crippen LogP contribution in [0.2, 0.25) is 0 Å². The molecule has 2 aromatic rings. The summed E-state index contributed by atoms with van der Waals surface area (Å²) < 4.78 is 26.4. The highest BCUT2D eigenvalue weighted by Crippen LogP contribution is 2.25. The fourth-order valence-electron chi connectivity index (χ4n) is 1.54. The van der Waals surface area contributed by atoms with Gasteiger partial charge in [-0.2, -0.15) is 0 Å². The molecule has 1 unspecified atom stereocenters. The Balaban J connectivity index is 2.81. The van der Waals surface area contributed by atoms with E-state index in [9.17, 15) is 8.78 Å². The van der Waals surface area contributed by atoms with Crippen molar-refractivity contribution in [2.75, 3.05) is 0 Å². The molecule has 0 radical (unpaired) electrons. The van der Waals surface area contributed by atoms with Gasteiger partial charge in [-0.05, 0) is 11.5 Å². The summed E-state index contributed by atoms with van der Waals surface area (Å²) in [7, 11) is 0. The SMILES string of the molecule is C#CC(N)c1cncc2c(F)c(F)ccc12. The van der Waals surface area contributed by atoms with Gasteiger partial charge >= 0.3 is 0 Å². The zero-order valence-corrected chi connectivity index (χ0v) is 8.24. The Hall–Kier alpha value is -1.99. The zero-order valence-electron chi connectivity index (χ0n) is 8.24. The van der Waals surface area contributed by atoms with Gasteiger partial charge in [0.1, 0.15) is 0 Å². The van der Waals surface area contributed by atoms with Crippen LogP contribution in [0.15, 0.2) is 24.5 Å². The van der Waals surface area contributed by atoms with Gasteiger partial charge < -0.3 is 5.73 Å². The van der Waals surface area contributed by atoms with Crippen molar-refractivity contribution in [2.45, 2.75) is 6.04 Å². The summed E-state index contributed by atoms with van der Waals surface area (Å²) in [6.07, 6.45) is 7.91. The molecule has 0 saturated heterocycles. The lowest BCUT2D eigenvalue weighted by Gasteiger charge is -2.09. The molecule has 0 saturated carbocycles. The molecule has 1 heterocycles. The van der Waals surface area contributed by atoms with E-state index in [1.807, 2.05) is 0 Å². The molecule has 0 aliphatic carbocycles. The van der Waals surface area contributed by atoms with Gasteiger partial charge in [0.25, 0.3) is 0 Å². The van der Waals surface area contributed by atoms with Crippen LogP contribution in [0.5, 0.6) is 0 Å². The molecule has 1 atom stereocenters. The molecule has 0 bridgehead atoms. The van der Waals surface area contributed by atoms with Gasteiger partial charge in [-0.15, -0.1) is 6.42 Å². The van der Waals surface area contributed by atoms with E-state index in [1.54, 1.807) is 0 Å². The summed E-state index contributed by atoms with van der Waals surface area (Å²) in [5.41, 5.74) is 6.17. The van der Waals surface area contributed by atoms with E-state index >= 15 is 0 Å². The van der Waals surface area contributed by atoms with Crippen molar-refractivity contribution in [1.82, 2.24) is 4.98 Å². The predicted octanol–water partition coefficient (Wildman–Crippen LogP) is 2.15. The van der Waals surface area contributed by atoms with Crippen molar-refractivity contribution in [3.05, 3.63) is 41.7 Å². The third-order valence-corrected chi connectivity index (χ3v) is 2.38. The van der Waals surface area contributed by atoms with Gasteiger partial charge in [0.2, 0.25) is 0 Å². The molecule has 0 amide bonds. The summed E-state index contributed by atoms with van der Waals surface area (Å²) in [5.74, 6) is 0.479. The lowest BCUT2D eigenvalue weighted by atomic mass is 10.0.